The van der Waals surface area contributed by atoms with E-state index < -0.39 is 11.7 Å². The second-order valence-corrected chi connectivity index (χ2v) is 14.2. The number of aliphatic hydroxyl groups excluding tert-OH is 3. The van der Waals surface area contributed by atoms with Crippen LogP contribution in [-0.2, 0) is 4.74 Å². The third-order valence-corrected chi connectivity index (χ3v) is 12.9. The molecule has 6 rings (SSSR count). The van der Waals surface area contributed by atoms with Crippen molar-refractivity contribution in [2.75, 3.05) is 6.61 Å². The van der Waals surface area contributed by atoms with Crippen LogP contribution in [0.25, 0.3) is 0 Å². The zero-order valence-electron chi connectivity index (χ0n) is 21.4. The Morgan fingerprint density at radius 3 is 2.36 bits per heavy atom. The summed E-state index contributed by atoms with van der Waals surface area (Å²) in [6.07, 6.45) is 9.98. The molecule has 6 fully saturated rings. The van der Waals surface area contributed by atoms with E-state index in [4.69, 9.17) is 4.74 Å². The van der Waals surface area contributed by atoms with Crippen molar-refractivity contribution in [3.63, 3.8) is 0 Å². The minimum Gasteiger partial charge on any atom is -0.393 e. The number of hydrogen-bond acceptors (Lipinski definition) is 4. The predicted octanol–water partition coefficient (Wildman–Crippen LogP) is 4.79. The molecular formula is C29H48O4. The fraction of sp³-hybridized carbons (Fsp3) is 1.00. The zero-order chi connectivity index (χ0) is 23.3. The molecule has 1 saturated heterocycles. The molecule has 5 aliphatic carbocycles. The van der Waals surface area contributed by atoms with E-state index in [1.165, 1.54) is 25.7 Å². The van der Waals surface area contributed by atoms with E-state index in [0.29, 0.717) is 36.2 Å². The molecule has 4 heteroatoms. The van der Waals surface area contributed by atoms with Crippen LogP contribution in [0.5, 0.6) is 0 Å². The highest BCUT2D eigenvalue weighted by molar-refractivity contribution is 5.19. The maximum atomic E-state index is 11.8. The largest absolute Gasteiger partial charge is 0.393 e. The Kier molecular flexibility index (Phi) is 5.40. The summed E-state index contributed by atoms with van der Waals surface area (Å²) in [5.74, 6) is 4.81. The SMILES string of the molecule is C[C@@H]1C[C@@H]1[C@H](C)C[C@@H](O)[C@@]1([C@H]2CC[C@H]3[C@@H]4CC[C@H]5C[C@@H](O)CC[C@]5(C)[C@H]4C[C@@H](O)[C@]23C)CO1. The van der Waals surface area contributed by atoms with Gasteiger partial charge in [0.2, 0.25) is 0 Å². The summed E-state index contributed by atoms with van der Waals surface area (Å²) in [6.45, 7) is 10.2. The van der Waals surface area contributed by atoms with E-state index in [2.05, 4.69) is 27.7 Å². The molecule has 1 heterocycles. The molecule has 4 nitrogen and oxygen atoms in total. The molecule has 3 N–H and O–H groups in total. The van der Waals surface area contributed by atoms with E-state index in [0.717, 1.165) is 50.4 Å². The molecule has 6 aliphatic rings. The number of hydrogen-bond donors (Lipinski definition) is 3. The quantitative estimate of drug-likeness (QED) is 0.516. The first-order valence-corrected chi connectivity index (χ1v) is 14.3. The minimum absolute atomic E-state index is 0.122. The smallest absolute Gasteiger partial charge is 0.121 e. The summed E-state index contributed by atoms with van der Waals surface area (Å²) < 4.78 is 6.20. The van der Waals surface area contributed by atoms with Crippen LogP contribution in [0.15, 0.2) is 0 Å². The number of rotatable bonds is 5. The van der Waals surface area contributed by atoms with Crippen molar-refractivity contribution >= 4 is 0 Å². The van der Waals surface area contributed by atoms with Crippen LogP contribution in [0.2, 0.25) is 0 Å². The van der Waals surface area contributed by atoms with Crippen molar-refractivity contribution in [3.05, 3.63) is 0 Å². The average Bonchev–Trinajstić information content (AvgIpc) is 3.68. The molecule has 0 aromatic rings. The van der Waals surface area contributed by atoms with Crippen LogP contribution in [0.1, 0.15) is 91.9 Å². The number of fused-ring (bicyclic) bond motifs is 5. The normalized spacial score (nSPS) is 59.2. The van der Waals surface area contributed by atoms with Gasteiger partial charge in [-0.2, -0.15) is 0 Å². The summed E-state index contributed by atoms with van der Waals surface area (Å²) in [6, 6.07) is 0. The van der Waals surface area contributed by atoms with E-state index in [1.54, 1.807) is 0 Å². The van der Waals surface area contributed by atoms with E-state index >= 15 is 0 Å². The highest BCUT2D eigenvalue weighted by atomic mass is 16.6. The van der Waals surface area contributed by atoms with Crippen LogP contribution in [0, 0.1) is 58.2 Å². The lowest BCUT2D eigenvalue weighted by atomic mass is 9.43. The molecule has 14 atom stereocenters. The lowest BCUT2D eigenvalue weighted by Crippen LogP contribution is -2.60. The second kappa shape index (κ2) is 7.67. The van der Waals surface area contributed by atoms with Crippen molar-refractivity contribution in [1.82, 2.24) is 0 Å². The Bertz CT molecular complexity index is 765. The van der Waals surface area contributed by atoms with Gasteiger partial charge in [-0.15, -0.1) is 0 Å². The zero-order valence-corrected chi connectivity index (χ0v) is 21.4. The highest BCUT2D eigenvalue weighted by Crippen LogP contribution is 2.70. The summed E-state index contributed by atoms with van der Waals surface area (Å²) in [4.78, 5) is 0. The van der Waals surface area contributed by atoms with Gasteiger partial charge >= 0.3 is 0 Å². The van der Waals surface area contributed by atoms with Crippen LogP contribution < -0.4 is 0 Å². The van der Waals surface area contributed by atoms with Gasteiger partial charge in [-0.05, 0) is 111 Å². The van der Waals surface area contributed by atoms with Gasteiger partial charge in [-0.25, -0.2) is 0 Å². The van der Waals surface area contributed by atoms with Crippen LogP contribution in [-0.4, -0.2) is 45.8 Å². The van der Waals surface area contributed by atoms with Gasteiger partial charge in [-0.1, -0.05) is 27.7 Å². The minimum atomic E-state index is -0.417. The third kappa shape index (κ3) is 3.29. The number of epoxide rings is 1. The number of ether oxygens (including phenoxy) is 1. The summed E-state index contributed by atoms with van der Waals surface area (Å²) in [5, 5.41) is 33.6. The highest BCUT2D eigenvalue weighted by Gasteiger charge is 2.71. The Labute approximate surface area is 200 Å². The van der Waals surface area contributed by atoms with Gasteiger partial charge in [0.05, 0.1) is 24.9 Å². The molecule has 0 aromatic heterocycles. The molecule has 0 amide bonds. The van der Waals surface area contributed by atoms with Crippen molar-refractivity contribution in [2.45, 2.75) is 116 Å². The van der Waals surface area contributed by atoms with E-state index in [1.807, 2.05) is 0 Å². The molecule has 0 spiro atoms. The monoisotopic (exact) mass is 460 g/mol. The fourth-order valence-electron chi connectivity index (χ4n) is 10.6. The average molecular weight is 461 g/mol. The van der Waals surface area contributed by atoms with Gasteiger partial charge in [0, 0.05) is 11.3 Å². The van der Waals surface area contributed by atoms with Gasteiger partial charge in [0.25, 0.3) is 0 Å². The first-order valence-electron chi connectivity index (χ1n) is 14.3. The molecule has 188 valence electrons. The van der Waals surface area contributed by atoms with Gasteiger partial charge in [-0.3, -0.25) is 0 Å². The van der Waals surface area contributed by atoms with Crippen molar-refractivity contribution in [2.24, 2.45) is 58.2 Å². The fourth-order valence-corrected chi connectivity index (χ4v) is 10.6. The van der Waals surface area contributed by atoms with Gasteiger partial charge in [0.1, 0.15) is 5.60 Å². The molecule has 0 unspecified atom stereocenters. The maximum Gasteiger partial charge on any atom is 0.121 e. The Hall–Kier alpha value is -0.160. The van der Waals surface area contributed by atoms with Crippen LogP contribution in [0.3, 0.4) is 0 Å². The lowest BCUT2D eigenvalue weighted by molar-refractivity contribution is -0.180. The summed E-state index contributed by atoms with van der Waals surface area (Å²) in [7, 11) is 0. The Morgan fingerprint density at radius 1 is 0.970 bits per heavy atom. The first-order chi connectivity index (χ1) is 15.6. The third-order valence-electron chi connectivity index (χ3n) is 12.9. The second-order valence-electron chi connectivity index (χ2n) is 14.2. The Balaban J connectivity index is 1.23. The Morgan fingerprint density at radius 2 is 1.70 bits per heavy atom. The van der Waals surface area contributed by atoms with Crippen molar-refractivity contribution in [3.8, 4) is 0 Å². The summed E-state index contributed by atoms with van der Waals surface area (Å²) >= 11 is 0. The van der Waals surface area contributed by atoms with Crippen LogP contribution >= 0.6 is 0 Å². The molecule has 0 aromatic carbocycles. The molecule has 5 saturated carbocycles. The standard InChI is InChI=1S/C29H48O4/c1-16-11-21(16)17(2)12-26(32)29(15-33-29)24-8-7-22-20-6-5-18-13-19(30)9-10-27(18,3)23(20)14-25(31)28(22,24)4/h16-26,30-32H,5-15H2,1-4H3/t16-,17-,18+,19+,20+,21+,22+,23+,24+,25-,26-,27+,28+,29+/m1/s1. The summed E-state index contributed by atoms with van der Waals surface area (Å²) in [5.41, 5.74) is -0.294. The molecule has 1 aliphatic heterocycles. The molecule has 0 radical (unpaired) electrons. The molecule has 0 bridgehead atoms. The lowest BCUT2D eigenvalue weighted by Gasteiger charge is -2.62. The van der Waals surface area contributed by atoms with Crippen LogP contribution in [0.4, 0.5) is 0 Å². The van der Waals surface area contributed by atoms with Crippen molar-refractivity contribution in [1.29, 1.82) is 0 Å². The predicted molar refractivity (Wildman–Crippen MR) is 128 cm³/mol. The molecule has 33 heavy (non-hydrogen) atoms. The maximum absolute atomic E-state index is 11.8. The van der Waals surface area contributed by atoms with E-state index in [9.17, 15) is 15.3 Å². The van der Waals surface area contributed by atoms with Gasteiger partial charge in [0.15, 0.2) is 0 Å². The van der Waals surface area contributed by atoms with Crippen molar-refractivity contribution < 1.29 is 20.1 Å². The molecular weight excluding hydrogens is 412 g/mol. The van der Waals surface area contributed by atoms with Gasteiger partial charge < -0.3 is 20.1 Å². The topological polar surface area (TPSA) is 73.2 Å². The van der Waals surface area contributed by atoms with E-state index in [-0.39, 0.29) is 29.0 Å². The number of aliphatic hydroxyl groups is 3. The first kappa shape index (κ1) is 23.3.